The van der Waals surface area contributed by atoms with Crippen molar-refractivity contribution in [2.24, 2.45) is 16.7 Å². The van der Waals surface area contributed by atoms with Gasteiger partial charge in [-0.3, -0.25) is 9.69 Å². The molecule has 0 N–H and O–H groups in total. The van der Waals surface area contributed by atoms with E-state index in [1.165, 1.54) is 0 Å². The first-order chi connectivity index (χ1) is 10.0. The van der Waals surface area contributed by atoms with Crippen molar-refractivity contribution in [3.63, 3.8) is 0 Å². The van der Waals surface area contributed by atoms with Crippen LogP contribution in [0.3, 0.4) is 0 Å². The van der Waals surface area contributed by atoms with Crippen LogP contribution in [0.1, 0.15) is 54.4 Å². The van der Waals surface area contributed by atoms with E-state index in [0.29, 0.717) is 5.92 Å². The number of carbonyl (C=O) groups is 2. The highest BCUT2D eigenvalue weighted by atomic mass is 16.6. The third kappa shape index (κ3) is 1.87. The molecule has 1 heterocycles. The van der Waals surface area contributed by atoms with Gasteiger partial charge in [-0.25, -0.2) is 4.79 Å². The van der Waals surface area contributed by atoms with E-state index in [1.54, 1.807) is 4.90 Å². The van der Waals surface area contributed by atoms with Crippen LogP contribution in [0, 0.1) is 16.7 Å². The van der Waals surface area contributed by atoms with Crippen molar-refractivity contribution in [1.29, 1.82) is 0 Å². The molecule has 22 heavy (non-hydrogen) atoms. The van der Waals surface area contributed by atoms with Crippen molar-refractivity contribution < 1.29 is 19.1 Å². The first-order valence-electron chi connectivity index (χ1n) is 8.15. The Kier molecular flexibility index (Phi) is 3.20. The number of aldehydes is 1. The van der Waals surface area contributed by atoms with Crippen LogP contribution in [-0.2, 0) is 14.3 Å². The van der Waals surface area contributed by atoms with Crippen molar-refractivity contribution in [3.05, 3.63) is 0 Å². The van der Waals surface area contributed by atoms with Gasteiger partial charge in [0, 0.05) is 0 Å². The summed E-state index contributed by atoms with van der Waals surface area (Å²) in [6.07, 6.45) is 1.55. The topological polar surface area (TPSA) is 55.8 Å². The van der Waals surface area contributed by atoms with Gasteiger partial charge in [-0.2, -0.15) is 0 Å². The minimum Gasteiger partial charge on any atom is -0.444 e. The Labute approximate surface area is 132 Å². The van der Waals surface area contributed by atoms with E-state index >= 15 is 0 Å². The summed E-state index contributed by atoms with van der Waals surface area (Å²) in [6, 6.07) is -0.0775. The fourth-order valence-corrected chi connectivity index (χ4v) is 4.90. The van der Waals surface area contributed by atoms with Gasteiger partial charge in [0.25, 0.3) is 0 Å². The van der Waals surface area contributed by atoms with Crippen LogP contribution in [0.15, 0.2) is 0 Å². The smallest absolute Gasteiger partial charge is 0.413 e. The number of hydrogen-bond donors (Lipinski definition) is 0. The van der Waals surface area contributed by atoms with Gasteiger partial charge in [0.2, 0.25) is 0 Å². The molecule has 2 aliphatic carbocycles. The van der Waals surface area contributed by atoms with Crippen molar-refractivity contribution >= 4 is 12.4 Å². The molecule has 5 atom stereocenters. The van der Waals surface area contributed by atoms with Crippen molar-refractivity contribution in [2.45, 2.75) is 78.4 Å². The lowest BCUT2D eigenvalue weighted by Crippen LogP contribution is -2.53. The van der Waals surface area contributed by atoms with Crippen LogP contribution in [0.25, 0.3) is 0 Å². The molecule has 124 valence electrons. The lowest BCUT2D eigenvalue weighted by molar-refractivity contribution is -0.126. The van der Waals surface area contributed by atoms with E-state index in [4.69, 9.17) is 9.47 Å². The van der Waals surface area contributed by atoms with Gasteiger partial charge in [0.15, 0.2) is 12.5 Å². The molecule has 1 aliphatic heterocycles. The third-order valence-corrected chi connectivity index (χ3v) is 6.33. The molecule has 0 aromatic carbocycles. The van der Waals surface area contributed by atoms with Crippen LogP contribution >= 0.6 is 0 Å². The van der Waals surface area contributed by atoms with E-state index in [1.807, 2.05) is 20.8 Å². The summed E-state index contributed by atoms with van der Waals surface area (Å²) in [6.45, 7) is 12.3. The fraction of sp³-hybridized carbons (Fsp3) is 0.882. The molecule has 2 saturated carbocycles. The molecule has 1 saturated heterocycles. The first-order valence-corrected chi connectivity index (χ1v) is 8.15. The van der Waals surface area contributed by atoms with E-state index in [-0.39, 0.29) is 23.0 Å². The Balaban J connectivity index is 1.96. The molecule has 0 aromatic rings. The van der Waals surface area contributed by atoms with Gasteiger partial charge in [0.05, 0.1) is 12.1 Å². The zero-order valence-electron chi connectivity index (χ0n) is 14.4. The summed E-state index contributed by atoms with van der Waals surface area (Å²) >= 11 is 0. The van der Waals surface area contributed by atoms with E-state index < -0.39 is 17.9 Å². The lowest BCUT2D eigenvalue weighted by atomic mass is 9.69. The van der Waals surface area contributed by atoms with Crippen LogP contribution < -0.4 is 0 Å². The maximum Gasteiger partial charge on any atom is 0.413 e. The minimum atomic E-state index is -0.819. The predicted octanol–water partition coefficient (Wildman–Crippen LogP) is 2.97. The molecular weight excluding hydrogens is 282 g/mol. The number of ether oxygens (including phenoxy) is 2. The van der Waals surface area contributed by atoms with Gasteiger partial charge in [0.1, 0.15) is 5.60 Å². The monoisotopic (exact) mass is 309 g/mol. The molecule has 0 unspecified atom stereocenters. The van der Waals surface area contributed by atoms with Gasteiger partial charge in [-0.05, 0) is 50.4 Å². The molecule has 0 aromatic heterocycles. The Hall–Kier alpha value is -1.10. The first kappa shape index (κ1) is 15.8. The molecule has 0 spiro atoms. The van der Waals surface area contributed by atoms with Crippen LogP contribution in [-0.4, -0.2) is 41.3 Å². The molecule has 2 bridgehead atoms. The molecule has 0 radical (unpaired) electrons. The summed E-state index contributed by atoms with van der Waals surface area (Å²) in [5.41, 5.74) is -0.538. The second-order valence-electron chi connectivity index (χ2n) is 8.74. The van der Waals surface area contributed by atoms with Gasteiger partial charge < -0.3 is 9.47 Å². The Bertz CT molecular complexity index is 509. The van der Waals surface area contributed by atoms with Crippen LogP contribution in [0.5, 0.6) is 0 Å². The number of fused-ring (bicyclic) bond motifs is 5. The summed E-state index contributed by atoms with van der Waals surface area (Å²) in [4.78, 5) is 25.7. The maximum atomic E-state index is 12.7. The lowest BCUT2D eigenvalue weighted by Gasteiger charge is -2.42. The summed E-state index contributed by atoms with van der Waals surface area (Å²) in [5, 5.41) is 0. The second-order valence-corrected chi connectivity index (χ2v) is 8.74. The summed E-state index contributed by atoms with van der Waals surface area (Å²) < 4.78 is 11.5. The zero-order chi connectivity index (χ0) is 16.5. The molecule has 3 rings (SSSR count). The van der Waals surface area contributed by atoms with E-state index in [9.17, 15) is 9.59 Å². The van der Waals surface area contributed by atoms with Gasteiger partial charge >= 0.3 is 6.09 Å². The Morgan fingerprint density at radius 1 is 1.32 bits per heavy atom. The largest absolute Gasteiger partial charge is 0.444 e. The number of carbonyl (C=O) groups excluding carboxylic acids is 2. The predicted molar refractivity (Wildman–Crippen MR) is 81.2 cm³/mol. The fourth-order valence-electron chi connectivity index (χ4n) is 4.90. The quantitative estimate of drug-likeness (QED) is 0.699. The molecule has 5 heteroatoms. The second kappa shape index (κ2) is 4.47. The number of rotatable bonds is 1. The highest BCUT2D eigenvalue weighted by Gasteiger charge is 2.72. The van der Waals surface area contributed by atoms with Crippen LogP contribution in [0.4, 0.5) is 4.79 Å². The standard InChI is InChI=1S/C17H27NO4/c1-15(2,3)22-14(20)18-11(9-19)21-12-10-7-8-17(6,13(12)18)16(10,4)5/h9-13H,7-8H2,1-6H3/t10-,11+,12-,13-,17+/m1/s1. The van der Waals surface area contributed by atoms with Crippen molar-refractivity contribution in [2.75, 3.05) is 0 Å². The van der Waals surface area contributed by atoms with Crippen molar-refractivity contribution in [3.8, 4) is 0 Å². The highest BCUT2D eigenvalue weighted by Crippen LogP contribution is 2.69. The molecule has 1 amide bonds. The minimum absolute atomic E-state index is 0.0446. The summed E-state index contributed by atoms with van der Waals surface area (Å²) in [7, 11) is 0. The van der Waals surface area contributed by atoms with Gasteiger partial charge in [-0.15, -0.1) is 0 Å². The zero-order valence-corrected chi connectivity index (χ0v) is 14.4. The average molecular weight is 309 g/mol. The maximum absolute atomic E-state index is 12.7. The van der Waals surface area contributed by atoms with E-state index in [0.717, 1.165) is 19.1 Å². The normalized spacial score (nSPS) is 42.4. The van der Waals surface area contributed by atoms with Crippen LogP contribution in [0.2, 0.25) is 0 Å². The average Bonchev–Trinajstić information content (AvgIpc) is 2.90. The molecule has 3 fully saturated rings. The van der Waals surface area contributed by atoms with E-state index in [2.05, 4.69) is 20.8 Å². The highest BCUT2D eigenvalue weighted by molar-refractivity contribution is 5.74. The summed E-state index contributed by atoms with van der Waals surface area (Å²) in [5.74, 6) is 0.386. The SMILES string of the molecule is CC(C)(C)OC(=O)N1[C@H](C=O)O[C@@H]2[C@H]3CC[C@@](C)([C@@H]21)C3(C)C. The van der Waals surface area contributed by atoms with Crippen molar-refractivity contribution in [1.82, 2.24) is 4.90 Å². The third-order valence-electron chi connectivity index (χ3n) is 6.33. The number of hydrogen-bond acceptors (Lipinski definition) is 4. The Morgan fingerprint density at radius 3 is 2.50 bits per heavy atom. The van der Waals surface area contributed by atoms with Gasteiger partial charge in [-0.1, -0.05) is 20.8 Å². The molecule has 5 nitrogen and oxygen atoms in total. The molecule has 3 aliphatic rings. The number of amides is 1. The number of nitrogens with zero attached hydrogens (tertiary/aromatic N) is 1. The molecular formula is C17H27NO4. The Morgan fingerprint density at radius 2 is 1.95 bits per heavy atom.